The van der Waals surface area contributed by atoms with E-state index in [0.29, 0.717) is 0 Å². The average Bonchev–Trinajstić information content (AvgIpc) is 2.82. The lowest BCUT2D eigenvalue weighted by atomic mass is 10.1. The molecule has 2 rings (SSSR count). The maximum Gasteiger partial charge on any atom is 0.229 e. The molecule has 0 spiro atoms. The summed E-state index contributed by atoms with van der Waals surface area (Å²) in [7, 11) is 0. The molecule has 3 heteroatoms. The van der Waals surface area contributed by atoms with Crippen LogP contribution in [0.1, 0.15) is 30.4 Å². The zero-order valence-corrected chi connectivity index (χ0v) is 10.5. The normalized spacial score (nSPS) is 15.1. The minimum Gasteiger partial charge on any atom is -0.369 e. The van der Waals surface area contributed by atoms with E-state index in [1.807, 2.05) is 12.1 Å². The second-order valence-corrected chi connectivity index (χ2v) is 4.63. The molecule has 0 aromatic heterocycles. The number of amides is 1. The number of carbonyl (C=O) groups excluding carboxylic acids is 1. The van der Waals surface area contributed by atoms with Gasteiger partial charge in [0.2, 0.25) is 5.91 Å². The van der Waals surface area contributed by atoms with Crippen LogP contribution >= 0.6 is 0 Å². The topological polar surface area (TPSA) is 46.3 Å². The van der Waals surface area contributed by atoms with Crippen LogP contribution in [0.5, 0.6) is 0 Å². The number of hydrogen-bond donors (Lipinski definition) is 1. The van der Waals surface area contributed by atoms with Gasteiger partial charge in [0.1, 0.15) is 0 Å². The fourth-order valence-corrected chi connectivity index (χ4v) is 2.18. The van der Waals surface area contributed by atoms with Crippen LogP contribution in [0.15, 0.2) is 24.3 Å². The molecule has 0 aliphatic carbocycles. The first kappa shape index (κ1) is 12.7. The predicted molar refractivity (Wildman–Crippen MR) is 71.6 cm³/mol. The minimum absolute atomic E-state index is 0.121. The molecular formula is C15H18N2O. The number of benzene rings is 1. The molecule has 1 aliphatic heterocycles. The Kier molecular flexibility index (Phi) is 4.38. The molecule has 1 saturated heterocycles. The Labute approximate surface area is 108 Å². The van der Waals surface area contributed by atoms with E-state index in [2.05, 4.69) is 28.9 Å². The molecule has 1 amide bonds. The van der Waals surface area contributed by atoms with Crippen LogP contribution in [0, 0.1) is 11.8 Å². The number of carbonyl (C=O) groups is 1. The summed E-state index contributed by atoms with van der Waals surface area (Å²) in [6, 6.07) is 8.19. The van der Waals surface area contributed by atoms with Crippen molar-refractivity contribution in [2.45, 2.75) is 25.8 Å². The molecule has 1 heterocycles. The molecule has 1 aliphatic rings. The van der Waals surface area contributed by atoms with E-state index in [9.17, 15) is 4.79 Å². The predicted octanol–water partition coefficient (Wildman–Crippen LogP) is 1.51. The SMILES string of the molecule is NC(=O)CC#Cc1cccc(CN2CCCC2)c1. The van der Waals surface area contributed by atoms with Crippen molar-refractivity contribution in [1.29, 1.82) is 0 Å². The molecule has 1 aromatic carbocycles. The standard InChI is InChI=1S/C15H18N2O/c16-15(18)8-4-6-13-5-3-7-14(11-13)12-17-9-1-2-10-17/h3,5,7,11H,1-2,8-10,12H2,(H2,16,18). The highest BCUT2D eigenvalue weighted by atomic mass is 16.1. The number of hydrogen-bond acceptors (Lipinski definition) is 2. The molecule has 1 fully saturated rings. The quantitative estimate of drug-likeness (QED) is 0.817. The summed E-state index contributed by atoms with van der Waals surface area (Å²) in [6.07, 6.45) is 2.73. The Morgan fingerprint density at radius 2 is 2.11 bits per heavy atom. The molecule has 0 saturated carbocycles. The van der Waals surface area contributed by atoms with Crippen LogP contribution in [0.3, 0.4) is 0 Å². The van der Waals surface area contributed by atoms with Gasteiger partial charge in [-0.25, -0.2) is 0 Å². The lowest BCUT2D eigenvalue weighted by Crippen LogP contribution is -2.18. The van der Waals surface area contributed by atoms with Crippen molar-refractivity contribution in [2.24, 2.45) is 5.73 Å². The van der Waals surface area contributed by atoms with Crippen LogP contribution in [0.25, 0.3) is 0 Å². The van der Waals surface area contributed by atoms with Gasteiger partial charge in [-0.2, -0.15) is 0 Å². The van der Waals surface area contributed by atoms with Gasteiger partial charge in [-0.15, -0.1) is 0 Å². The van der Waals surface area contributed by atoms with Crippen LogP contribution in [-0.2, 0) is 11.3 Å². The third kappa shape index (κ3) is 3.90. The molecule has 2 N–H and O–H groups in total. The van der Waals surface area contributed by atoms with Gasteiger partial charge in [-0.05, 0) is 43.6 Å². The smallest absolute Gasteiger partial charge is 0.229 e. The molecule has 0 unspecified atom stereocenters. The molecule has 1 aromatic rings. The maximum absolute atomic E-state index is 10.6. The summed E-state index contributed by atoms with van der Waals surface area (Å²) < 4.78 is 0. The fraction of sp³-hybridized carbons (Fsp3) is 0.400. The Hall–Kier alpha value is -1.79. The van der Waals surface area contributed by atoms with Gasteiger partial charge >= 0.3 is 0 Å². The lowest BCUT2D eigenvalue weighted by Gasteiger charge is -2.14. The summed E-state index contributed by atoms with van der Waals surface area (Å²) in [4.78, 5) is 13.1. The second kappa shape index (κ2) is 6.23. The van der Waals surface area contributed by atoms with Crippen molar-refractivity contribution in [3.05, 3.63) is 35.4 Å². The van der Waals surface area contributed by atoms with E-state index in [0.717, 1.165) is 12.1 Å². The number of rotatable bonds is 3. The molecule has 94 valence electrons. The van der Waals surface area contributed by atoms with Gasteiger partial charge in [0.25, 0.3) is 0 Å². The van der Waals surface area contributed by atoms with E-state index in [1.165, 1.54) is 31.5 Å². The van der Waals surface area contributed by atoms with E-state index < -0.39 is 0 Å². The van der Waals surface area contributed by atoms with Crippen LogP contribution in [0.4, 0.5) is 0 Å². The van der Waals surface area contributed by atoms with Gasteiger partial charge in [-0.3, -0.25) is 9.69 Å². The van der Waals surface area contributed by atoms with Crippen molar-refractivity contribution in [3.8, 4) is 11.8 Å². The van der Waals surface area contributed by atoms with Crippen molar-refractivity contribution in [3.63, 3.8) is 0 Å². The third-order valence-electron chi connectivity index (χ3n) is 3.03. The largest absolute Gasteiger partial charge is 0.369 e. The molecule has 18 heavy (non-hydrogen) atoms. The highest BCUT2D eigenvalue weighted by Crippen LogP contribution is 2.13. The van der Waals surface area contributed by atoms with E-state index in [1.54, 1.807) is 0 Å². The molecule has 0 bridgehead atoms. The van der Waals surface area contributed by atoms with Crippen molar-refractivity contribution < 1.29 is 4.79 Å². The van der Waals surface area contributed by atoms with Crippen molar-refractivity contribution in [2.75, 3.05) is 13.1 Å². The summed E-state index contributed by atoms with van der Waals surface area (Å²) >= 11 is 0. The lowest BCUT2D eigenvalue weighted by molar-refractivity contribution is -0.117. The van der Waals surface area contributed by atoms with Crippen LogP contribution in [-0.4, -0.2) is 23.9 Å². The first-order chi connectivity index (χ1) is 8.74. The van der Waals surface area contributed by atoms with Crippen molar-refractivity contribution >= 4 is 5.91 Å². The molecule has 3 nitrogen and oxygen atoms in total. The number of nitrogens with zero attached hydrogens (tertiary/aromatic N) is 1. The number of nitrogens with two attached hydrogens (primary N) is 1. The highest BCUT2D eigenvalue weighted by molar-refractivity contribution is 5.76. The summed E-state index contributed by atoms with van der Waals surface area (Å²) in [6.45, 7) is 3.38. The highest BCUT2D eigenvalue weighted by Gasteiger charge is 2.11. The molecule has 0 atom stereocenters. The van der Waals surface area contributed by atoms with Gasteiger partial charge in [0, 0.05) is 12.1 Å². The summed E-state index contributed by atoms with van der Waals surface area (Å²) in [5, 5.41) is 0. The summed E-state index contributed by atoms with van der Waals surface area (Å²) in [5.74, 6) is 5.38. The third-order valence-corrected chi connectivity index (χ3v) is 3.03. The number of likely N-dealkylation sites (tertiary alicyclic amines) is 1. The minimum atomic E-state index is -0.379. The Balaban J connectivity index is 1.99. The zero-order chi connectivity index (χ0) is 12.8. The average molecular weight is 242 g/mol. The molecular weight excluding hydrogens is 224 g/mol. The van der Waals surface area contributed by atoms with Crippen LogP contribution < -0.4 is 5.73 Å². The van der Waals surface area contributed by atoms with Gasteiger partial charge in [0.15, 0.2) is 0 Å². The van der Waals surface area contributed by atoms with Gasteiger partial charge in [-0.1, -0.05) is 24.0 Å². The van der Waals surface area contributed by atoms with Crippen molar-refractivity contribution in [1.82, 2.24) is 4.90 Å². The maximum atomic E-state index is 10.6. The second-order valence-electron chi connectivity index (χ2n) is 4.63. The zero-order valence-electron chi connectivity index (χ0n) is 10.5. The van der Waals surface area contributed by atoms with E-state index >= 15 is 0 Å². The van der Waals surface area contributed by atoms with Crippen LogP contribution in [0.2, 0.25) is 0 Å². The van der Waals surface area contributed by atoms with Gasteiger partial charge < -0.3 is 5.73 Å². The first-order valence-corrected chi connectivity index (χ1v) is 6.32. The Bertz CT molecular complexity index is 479. The monoisotopic (exact) mass is 242 g/mol. The Morgan fingerprint density at radius 3 is 2.83 bits per heavy atom. The van der Waals surface area contributed by atoms with E-state index in [4.69, 9.17) is 5.73 Å². The number of primary amides is 1. The fourth-order valence-electron chi connectivity index (χ4n) is 2.18. The van der Waals surface area contributed by atoms with Gasteiger partial charge in [0.05, 0.1) is 6.42 Å². The summed E-state index contributed by atoms with van der Waals surface area (Å²) in [5.41, 5.74) is 7.28. The molecule has 0 radical (unpaired) electrons. The Morgan fingerprint density at radius 1 is 1.33 bits per heavy atom. The first-order valence-electron chi connectivity index (χ1n) is 6.32. The van der Waals surface area contributed by atoms with E-state index in [-0.39, 0.29) is 12.3 Å².